The minimum Gasteiger partial charge on any atom is -0.411 e. The molecule has 1 N–H and O–H groups in total. The van der Waals surface area contributed by atoms with E-state index < -0.39 is 0 Å². The number of nitrogens with zero attached hydrogens (tertiary/aromatic N) is 1. The lowest BCUT2D eigenvalue weighted by atomic mass is 9.51. The molecule has 4 rings (SSSR count). The maximum absolute atomic E-state index is 12.5. The molecule has 3 fully saturated rings. The Kier molecular flexibility index (Phi) is 3.43. The summed E-state index contributed by atoms with van der Waals surface area (Å²) < 4.78 is 0. The van der Waals surface area contributed by atoms with Crippen LogP contribution >= 0.6 is 0 Å². The summed E-state index contributed by atoms with van der Waals surface area (Å²) >= 11 is 0. The lowest BCUT2D eigenvalue weighted by molar-refractivity contribution is -0.132. The Morgan fingerprint density at radius 3 is 2.82 bits per heavy atom. The molecule has 0 bridgehead atoms. The lowest BCUT2D eigenvalue weighted by Crippen LogP contribution is -2.47. The van der Waals surface area contributed by atoms with Gasteiger partial charge in [-0.15, -0.1) is 0 Å². The molecule has 4 aliphatic carbocycles. The molecule has 0 amide bonds. The average Bonchev–Trinajstić information content (AvgIpc) is 2.91. The summed E-state index contributed by atoms with van der Waals surface area (Å²) in [5.41, 5.74) is 2.42. The highest BCUT2D eigenvalue weighted by Crippen LogP contribution is 2.61. The second kappa shape index (κ2) is 5.21. The van der Waals surface area contributed by atoms with Gasteiger partial charge in [-0.25, -0.2) is 0 Å². The number of ketones is 1. The van der Waals surface area contributed by atoms with Crippen LogP contribution in [0.25, 0.3) is 0 Å². The predicted octanol–water partition coefficient (Wildman–Crippen LogP) is 4.35. The first-order valence-electron chi connectivity index (χ1n) is 9.14. The number of hydrogen-bond acceptors (Lipinski definition) is 3. The van der Waals surface area contributed by atoms with Crippen molar-refractivity contribution in [1.82, 2.24) is 0 Å². The molecule has 0 spiro atoms. The summed E-state index contributed by atoms with van der Waals surface area (Å²) in [4.78, 5) is 12.5. The number of rotatable bonds is 1. The minimum absolute atomic E-state index is 0.0365. The Labute approximate surface area is 132 Å². The van der Waals surface area contributed by atoms with Crippen LogP contribution in [0.3, 0.4) is 0 Å². The van der Waals surface area contributed by atoms with Crippen LogP contribution in [0.1, 0.15) is 64.7 Å². The number of hydrogen-bond donors (Lipinski definition) is 1. The fourth-order valence-electron chi connectivity index (χ4n) is 6.50. The van der Waals surface area contributed by atoms with E-state index in [-0.39, 0.29) is 5.41 Å². The molecular weight excluding hydrogens is 274 g/mol. The topological polar surface area (TPSA) is 49.7 Å². The van der Waals surface area contributed by atoms with Crippen LogP contribution < -0.4 is 0 Å². The predicted molar refractivity (Wildman–Crippen MR) is 85.9 cm³/mol. The van der Waals surface area contributed by atoms with Crippen molar-refractivity contribution in [2.24, 2.45) is 34.2 Å². The highest BCUT2D eigenvalue weighted by Gasteiger charge is 2.57. The van der Waals surface area contributed by atoms with Gasteiger partial charge in [0.05, 0.1) is 5.71 Å². The SMILES string of the molecule is CC[C@]12CC[C@H]3[C@@H](CCC4=C/C(=N/O)CC[C@@H]43)[C@@H]1CCC2=O. The molecule has 5 atom stereocenters. The zero-order valence-electron chi connectivity index (χ0n) is 13.6. The van der Waals surface area contributed by atoms with Crippen molar-refractivity contribution in [3.8, 4) is 0 Å². The van der Waals surface area contributed by atoms with Gasteiger partial charge in [-0.05, 0) is 81.1 Å². The van der Waals surface area contributed by atoms with Crippen LogP contribution in [0.4, 0.5) is 0 Å². The molecule has 0 aromatic carbocycles. The molecule has 4 aliphatic rings. The van der Waals surface area contributed by atoms with Crippen molar-refractivity contribution >= 4 is 11.5 Å². The highest BCUT2D eigenvalue weighted by molar-refractivity contribution is 5.96. The van der Waals surface area contributed by atoms with Crippen LogP contribution in [-0.2, 0) is 4.79 Å². The Morgan fingerprint density at radius 2 is 2.05 bits per heavy atom. The summed E-state index contributed by atoms with van der Waals surface area (Å²) in [5.74, 6) is 3.44. The monoisotopic (exact) mass is 301 g/mol. The van der Waals surface area contributed by atoms with Gasteiger partial charge in [-0.1, -0.05) is 17.7 Å². The van der Waals surface area contributed by atoms with Crippen LogP contribution in [0.5, 0.6) is 0 Å². The molecule has 3 saturated carbocycles. The van der Waals surface area contributed by atoms with Crippen LogP contribution in [0.2, 0.25) is 0 Å². The Hall–Kier alpha value is -1.12. The van der Waals surface area contributed by atoms with Gasteiger partial charge in [0.1, 0.15) is 5.78 Å². The maximum atomic E-state index is 12.5. The number of carbonyl (C=O) groups excluding carboxylic acids is 1. The molecule has 120 valence electrons. The van der Waals surface area contributed by atoms with E-state index in [1.54, 1.807) is 0 Å². The highest BCUT2D eigenvalue weighted by atomic mass is 16.4. The zero-order chi connectivity index (χ0) is 15.3. The van der Waals surface area contributed by atoms with Gasteiger partial charge >= 0.3 is 0 Å². The van der Waals surface area contributed by atoms with Crippen molar-refractivity contribution in [2.75, 3.05) is 0 Å². The van der Waals surface area contributed by atoms with E-state index >= 15 is 0 Å². The molecule has 22 heavy (non-hydrogen) atoms. The number of carbonyl (C=O) groups is 1. The van der Waals surface area contributed by atoms with Crippen LogP contribution in [0.15, 0.2) is 16.8 Å². The molecule has 0 aromatic rings. The van der Waals surface area contributed by atoms with Crippen molar-refractivity contribution < 1.29 is 10.0 Å². The Balaban J connectivity index is 1.63. The van der Waals surface area contributed by atoms with E-state index in [2.05, 4.69) is 18.2 Å². The summed E-state index contributed by atoms with van der Waals surface area (Å²) in [6.45, 7) is 2.23. The van der Waals surface area contributed by atoms with Crippen LogP contribution in [-0.4, -0.2) is 16.7 Å². The third-order valence-electron chi connectivity index (χ3n) is 7.52. The summed E-state index contributed by atoms with van der Waals surface area (Å²) in [7, 11) is 0. The van der Waals surface area contributed by atoms with E-state index in [1.165, 1.54) is 18.4 Å². The fourth-order valence-corrected chi connectivity index (χ4v) is 6.50. The third kappa shape index (κ3) is 1.87. The first kappa shape index (κ1) is 14.5. The average molecular weight is 301 g/mol. The zero-order valence-corrected chi connectivity index (χ0v) is 13.6. The van der Waals surface area contributed by atoms with E-state index in [9.17, 15) is 4.79 Å². The molecule has 3 heteroatoms. The van der Waals surface area contributed by atoms with Crippen molar-refractivity contribution in [1.29, 1.82) is 0 Å². The molecule has 0 aromatic heterocycles. The van der Waals surface area contributed by atoms with E-state index in [1.807, 2.05) is 0 Å². The fraction of sp³-hybridized carbons (Fsp3) is 0.789. The standard InChI is InChI=1S/C19H27NO2/c1-2-19-10-9-15-14-6-4-13(20-22)11-12(14)3-5-16(15)17(19)7-8-18(19)21/h11,14-17,22H,2-10H2,1H3/b20-13+/t14-,15+,16+,17-,19-/m0/s1. The third-order valence-corrected chi connectivity index (χ3v) is 7.52. The second-order valence-electron chi connectivity index (χ2n) is 7.94. The second-order valence-corrected chi connectivity index (χ2v) is 7.94. The van der Waals surface area contributed by atoms with Crippen molar-refractivity contribution in [3.63, 3.8) is 0 Å². The lowest BCUT2D eigenvalue weighted by Gasteiger charge is -2.53. The molecule has 0 heterocycles. The molecular formula is C19H27NO2. The molecule has 0 saturated heterocycles. The summed E-state index contributed by atoms with van der Waals surface area (Å²) in [6.07, 6.45) is 12.0. The first-order valence-corrected chi connectivity index (χ1v) is 9.14. The molecule has 0 unspecified atom stereocenters. The quantitative estimate of drug-likeness (QED) is 0.578. The Bertz CT molecular complexity index is 550. The molecule has 3 nitrogen and oxygen atoms in total. The number of oxime groups is 1. The van der Waals surface area contributed by atoms with E-state index in [4.69, 9.17) is 5.21 Å². The number of allylic oxidation sites excluding steroid dienone is 2. The number of Topliss-reactive ketones (excluding diaryl/α,β-unsaturated/α-hetero) is 1. The minimum atomic E-state index is 0.0365. The summed E-state index contributed by atoms with van der Waals surface area (Å²) in [5, 5.41) is 12.5. The van der Waals surface area contributed by atoms with E-state index in [0.29, 0.717) is 17.6 Å². The van der Waals surface area contributed by atoms with Gasteiger partial charge in [0.25, 0.3) is 0 Å². The van der Waals surface area contributed by atoms with Gasteiger partial charge in [-0.2, -0.15) is 0 Å². The van der Waals surface area contributed by atoms with Crippen molar-refractivity contribution in [3.05, 3.63) is 11.6 Å². The molecule has 0 aliphatic heterocycles. The van der Waals surface area contributed by atoms with Gasteiger partial charge in [-0.3, -0.25) is 4.79 Å². The van der Waals surface area contributed by atoms with E-state index in [0.717, 1.165) is 62.5 Å². The largest absolute Gasteiger partial charge is 0.411 e. The number of fused-ring (bicyclic) bond motifs is 5. The molecule has 0 radical (unpaired) electrons. The Morgan fingerprint density at radius 1 is 1.18 bits per heavy atom. The van der Waals surface area contributed by atoms with Gasteiger partial charge < -0.3 is 5.21 Å². The van der Waals surface area contributed by atoms with Crippen LogP contribution in [0, 0.1) is 29.1 Å². The van der Waals surface area contributed by atoms with Gasteiger partial charge in [0.15, 0.2) is 0 Å². The first-order chi connectivity index (χ1) is 10.7. The van der Waals surface area contributed by atoms with Gasteiger partial charge in [0.2, 0.25) is 0 Å². The maximum Gasteiger partial charge on any atom is 0.139 e. The van der Waals surface area contributed by atoms with Gasteiger partial charge in [0, 0.05) is 11.8 Å². The smallest absolute Gasteiger partial charge is 0.139 e. The summed E-state index contributed by atoms with van der Waals surface area (Å²) in [6, 6.07) is 0. The normalized spacial score (nSPS) is 46.0. The van der Waals surface area contributed by atoms with Crippen molar-refractivity contribution in [2.45, 2.75) is 64.7 Å².